The Hall–Kier alpha value is -0.630. The first-order chi connectivity index (χ1) is 9.46. The van der Waals surface area contributed by atoms with Crippen molar-refractivity contribution in [3.8, 4) is 5.75 Å². The van der Waals surface area contributed by atoms with Crippen molar-refractivity contribution in [3.63, 3.8) is 0 Å². The van der Waals surface area contributed by atoms with Gasteiger partial charge in [-0.15, -0.1) is 0 Å². The van der Waals surface area contributed by atoms with Crippen LogP contribution < -0.4 is 9.46 Å². The minimum absolute atomic E-state index is 0.0440. The predicted molar refractivity (Wildman–Crippen MR) is 79.5 cm³/mol. The number of nitrogens with one attached hydrogen (secondary N) is 1. The molecular weight excluding hydrogens is 346 g/mol. The second-order valence-corrected chi connectivity index (χ2v) is 7.23. The van der Waals surface area contributed by atoms with E-state index < -0.39 is 10.0 Å². The Kier molecular flexibility index (Phi) is 5.06. The molecule has 0 aromatic heterocycles. The summed E-state index contributed by atoms with van der Waals surface area (Å²) in [7, 11) is -1.96. The van der Waals surface area contributed by atoms with Crippen molar-refractivity contribution in [2.75, 3.05) is 13.7 Å². The second kappa shape index (κ2) is 6.43. The molecule has 0 spiro atoms. The third-order valence-electron chi connectivity index (χ3n) is 3.25. The summed E-state index contributed by atoms with van der Waals surface area (Å²) in [5, 5.41) is 0. The van der Waals surface area contributed by atoms with Gasteiger partial charge in [0.2, 0.25) is 10.0 Å². The molecule has 0 unspecified atom stereocenters. The number of sulfonamides is 1. The van der Waals surface area contributed by atoms with Crippen LogP contribution in [0.15, 0.2) is 27.6 Å². The number of halogens is 1. The van der Waals surface area contributed by atoms with Crippen LogP contribution >= 0.6 is 15.9 Å². The zero-order valence-electron chi connectivity index (χ0n) is 11.4. The van der Waals surface area contributed by atoms with Crippen molar-refractivity contribution in [1.29, 1.82) is 0 Å². The van der Waals surface area contributed by atoms with E-state index in [2.05, 4.69) is 20.7 Å². The lowest BCUT2D eigenvalue weighted by Crippen LogP contribution is -2.47. The highest BCUT2D eigenvalue weighted by atomic mass is 79.9. The van der Waals surface area contributed by atoms with Crippen molar-refractivity contribution < 1.29 is 17.9 Å². The number of hydrogen-bond acceptors (Lipinski definition) is 4. The summed E-state index contributed by atoms with van der Waals surface area (Å²) in [4.78, 5) is 0.227. The Morgan fingerprint density at radius 1 is 1.40 bits per heavy atom. The standard InChI is InChI=1S/C13H18BrNO4S/c1-3-19-10-6-9(7-10)15-20(16,17)11-4-5-13(18-2)12(14)8-11/h4-5,8-10,15H,3,6-7H2,1-2H3. The number of rotatable bonds is 6. The van der Waals surface area contributed by atoms with Gasteiger partial charge in [-0.2, -0.15) is 0 Å². The molecule has 20 heavy (non-hydrogen) atoms. The minimum Gasteiger partial charge on any atom is -0.496 e. The molecule has 0 atom stereocenters. The van der Waals surface area contributed by atoms with Crippen molar-refractivity contribution >= 4 is 26.0 Å². The summed E-state index contributed by atoms with van der Waals surface area (Å²) in [5.41, 5.74) is 0. The molecule has 0 bridgehead atoms. The Bertz CT molecular complexity index is 570. The van der Waals surface area contributed by atoms with Crippen molar-refractivity contribution in [3.05, 3.63) is 22.7 Å². The van der Waals surface area contributed by atoms with E-state index in [1.165, 1.54) is 13.2 Å². The van der Waals surface area contributed by atoms with Gasteiger partial charge in [-0.3, -0.25) is 0 Å². The van der Waals surface area contributed by atoms with Gasteiger partial charge in [0, 0.05) is 12.6 Å². The molecule has 0 saturated heterocycles. The second-order valence-electron chi connectivity index (χ2n) is 4.66. The van der Waals surface area contributed by atoms with E-state index in [4.69, 9.17) is 9.47 Å². The fraction of sp³-hybridized carbons (Fsp3) is 0.538. The Balaban J connectivity index is 2.02. The maximum Gasteiger partial charge on any atom is 0.240 e. The maximum atomic E-state index is 12.2. The normalized spacial score (nSPS) is 22.4. The smallest absolute Gasteiger partial charge is 0.240 e. The SMILES string of the molecule is CCOC1CC(NS(=O)(=O)c2ccc(OC)c(Br)c2)C1. The van der Waals surface area contributed by atoms with Gasteiger partial charge >= 0.3 is 0 Å². The molecule has 1 aliphatic rings. The average Bonchev–Trinajstić information content (AvgIpc) is 2.36. The molecule has 0 amide bonds. The van der Waals surface area contributed by atoms with E-state index >= 15 is 0 Å². The van der Waals surface area contributed by atoms with Crippen LogP contribution in [0.1, 0.15) is 19.8 Å². The molecule has 1 aliphatic carbocycles. The first-order valence-corrected chi connectivity index (χ1v) is 8.71. The number of ether oxygens (including phenoxy) is 2. The fourth-order valence-electron chi connectivity index (χ4n) is 2.14. The quantitative estimate of drug-likeness (QED) is 0.841. The van der Waals surface area contributed by atoms with Crippen LogP contribution in [0.5, 0.6) is 5.75 Å². The van der Waals surface area contributed by atoms with Gasteiger partial charge in [0.15, 0.2) is 0 Å². The average molecular weight is 364 g/mol. The zero-order valence-corrected chi connectivity index (χ0v) is 13.8. The van der Waals surface area contributed by atoms with Gasteiger partial charge in [-0.25, -0.2) is 13.1 Å². The molecule has 112 valence electrons. The number of benzene rings is 1. The topological polar surface area (TPSA) is 64.6 Å². The first kappa shape index (κ1) is 15.8. The summed E-state index contributed by atoms with van der Waals surface area (Å²) in [6, 6.07) is 4.66. The summed E-state index contributed by atoms with van der Waals surface area (Å²) in [6.07, 6.45) is 1.63. The summed E-state index contributed by atoms with van der Waals surface area (Å²) < 4.78 is 38.3. The predicted octanol–water partition coefficient (Wildman–Crippen LogP) is 2.30. The van der Waals surface area contributed by atoms with Crippen LogP contribution in [0.2, 0.25) is 0 Å². The monoisotopic (exact) mass is 363 g/mol. The molecular formula is C13H18BrNO4S. The van der Waals surface area contributed by atoms with Crippen LogP contribution in [0.25, 0.3) is 0 Å². The zero-order chi connectivity index (χ0) is 14.8. The molecule has 1 saturated carbocycles. The minimum atomic E-state index is -3.50. The van der Waals surface area contributed by atoms with Crippen LogP contribution in [-0.2, 0) is 14.8 Å². The molecule has 0 aliphatic heterocycles. The van der Waals surface area contributed by atoms with Gasteiger partial charge < -0.3 is 9.47 Å². The van der Waals surface area contributed by atoms with Crippen molar-refractivity contribution in [2.45, 2.75) is 36.8 Å². The number of hydrogen-bond donors (Lipinski definition) is 1. The van der Waals surface area contributed by atoms with Gasteiger partial charge in [0.25, 0.3) is 0 Å². The molecule has 1 aromatic rings. The third-order valence-corrected chi connectivity index (χ3v) is 5.39. The third kappa shape index (κ3) is 3.52. The van der Waals surface area contributed by atoms with Gasteiger partial charge in [0.05, 0.1) is 22.6 Å². The summed E-state index contributed by atoms with van der Waals surface area (Å²) in [5.74, 6) is 0.601. The van der Waals surface area contributed by atoms with Gasteiger partial charge in [0.1, 0.15) is 5.75 Å². The highest BCUT2D eigenvalue weighted by molar-refractivity contribution is 9.10. The molecule has 1 N–H and O–H groups in total. The lowest BCUT2D eigenvalue weighted by atomic mass is 9.90. The van der Waals surface area contributed by atoms with Gasteiger partial charge in [-0.1, -0.05) is 0 Å². The Labute approximate surface area is 127 Å². The largest absolute Gasteiger partial charge is 0.496 e. The highest BCUT2D eigenvalue weighted by Crippen LogP contribution is 2.29. The molecule has 2 rings (SSSR count). The van der Waals surface area contributed by atoms with Gasteiger partial charge in [-0.05, 0) is 53.9 Å². The van der Waals surface area contributed by atoms with Crippen molar-refractivity contribution in [1.82, 2.24) is 4.72 Å². The Morgan fingerprint density at radius 2 is 2.10 bits per heavy atom. The number of methoxy groups -OCH3 is 1. The molecule has 0 radical (unpaired) electrons. The lowest BCUT2D eigenvalue weighted by Gasteiger charge is -2.35. The van der Waals surface area contributed by atoms with E-state index in [0.29, 0.717) is 16.8 Å². The van der Waals surface area contributed by atoms with E-state index in [1.807, 2.05) is 6.92 Å². The molecule has 7 heteroatoms. The Morgan fingerprint density at radius 3 is 2.65 bits per heavy atom. The highest BCUT2D eigenvalue weighted by Gasteiger charge is 2.33. The maximum absolute atomic E-state index is 12.2. The molecule has 5 nitrogen and oxygen atoms in total. The van der Waals surface area contributed by atoms with E-state index in [0.717, 1.165) is 12.8 Å². The molecule has 0 heterocycles. The van der Waals surface area contributed by atoms with Crippen molar-refractivity contribution in [2.24, 2.45) is 0 Å². The van der Waals surface area contributed by atoms with E-state index in [-0.39, 0.29) is 17.0 Å². The van der Waals surface area contributed by atoms with Crippen LogP contribution in [0.3, 0.4) is 0 Å². The van der Waals surface area contributed by atoms with E-state index in [9.17, 15) is 8.42 Å². The van der Waals surface area contributed by atoms with E-state index in [1.54, 1.807) is 12.1 Å². The first-order valence-electron chi connectivity index (χ1n) is 6.43. The fourth-order valence-corrected chi connectivity index (χ4v) is 4.12. The van der Waals surface area contributed by atoms with Crippen LogP contribution in [0, 0.1) is 0 Å². The summed E-state index contributed by atoms with van der Waals surface area (Å²) in [6.45, 7) is 2.60. The van der Waals surface area contributed by atoms with Crippen LogP contribution in [-0.4, -0.2) is 34.3 Å². The lowest BCUT2D eigenvalue weighted by molar-refractivity contribution is -0.00475. The van der Waals surface area contributed by atoms with Crippen LogP contribution in [0.4, 0.5) is 0 Å². The molecule has 1 aromatic carbocycles. The molecule has 1 fully saturated rings. The summed E-state index contributed by atoms with van der Waals surface area (Å²) >= 11 is 3.29.